The van der Waals surface area contributed by atoms with Gasteiger partial charge >= 0.3 is 0 Å². The van der Waals surface area contributed by atoms with Crippen LogP contribution in [0.2, 0.25) is 0 Å². The lowest BCUT2D eigenvalue weighted by molar-refractivity contribution is -0.140. The van der Waals surface area contributed by atoms with Crippen molar-refractivity contribution in [2.75, 3.05) is 12.4 Å². The third-order valence-corrected chi connectivity index (χ3v) is 4.36. The van der Waals surface area contributed by atoms with Gasteiger partial charge in [0.15, 0.2) is 0 Å². The van der Waals surface area contributed by atoms with Crippen molar-refractivity contribution < 1.29 is 14.0 Å². The van der Waals surface area contributed by atoms with E-state index < -0.39 is 12.0 Å². The lowest BCUT2D eigenvalue weighted by atomic mass is 9.84. The fourth-order valence-electron chi connectivity index (χ4n) is 3.18. The summed E-state index contributed by atoms with van der Waals surface area (Å²) in [5.41, 5.74) is 1.22. The standard InChI is InChI=1S/C17H19FN4O2/c1-21-10-13(9-19-21)20-17(24)14-6-7-15(23)22(2)16(14)11-4-3-5-12(18)8-11/h3-5,8-10,14,16H,6-7H2,1-2H3,(H,20,24)/t14-,16+/m1/s1. The molecule has 3 rings (SSSR count). The highest BCUT2D eigenvalue weighted by molar-refractivity contribution is 5.94. The van der Waals surface area contributed by atoms with Crippen LogP contribution in [0.5, 0.6) is 0 Å². The Bertz CT molecular complexity index is 773. The number of carbonyl (C=O) groups excluding carboxylic acids is 2. The molecule has 1 N–H and O–H groups in total. The number of likely N-dealkylation sites (tertiary alicyclic amines) is 1. The van der Waals surface area contributed by atoms with Crippen LogP contribution in [0.15, 0.2) is 36.7 Å². The highest BCUT2D eigenvalue weighted by atomic mass is 19.1. The molecule has 0 bridgehead atoms. The number of aromatic nitrogens is 2. The average molecular weight is 330 g/mol. The van der Waals surface area contributed by atoms with Crippen LogP contribution in [0.3, 0.4) is 0 Å². The van der Waals surface area contributed by atoms with E-state index in [1.54, 1.807) is 43.3 Å². The highest BCUT2D eigenvalue weighted by Crippen LogP contribution is 2.36. The molecule has 7 heteroatoms. The van der Waals surface area contributed by atoms with Gasteiger partial charge in [-0.05, 0) is 24.1 Å². The number of carbonyl (C=O) groups is 2. The number of amides is 2. The molecule has 1 aliphatic rings. The van der Waals surface area contributed by atoms with Crippen LogP contribution < -0.4 is 5.32 Å². The van der Waals surface area contributed by atoms with Crippen molar-refractivity contribution in [2.24, 2.45) is 13.0 Å². The summed E-state index contributed by atoms with van der Waals surface area (Å²) >= 11 is 0. The van der Waals surface area contributed by atoms with Crippen LogP contribution in [0.1, 0.15) is 24.4 Å². The van der Waals surface area contributed by atoms with E-state index in [0.29, 0.717) is 24.1 Å². The molecule has 1 aliphatic heterocycles. The first kappa shape index (κ1) is 16.2. The van der Waals surface area contributed by atoms with E-state index in [4.69, 9.17) is 0 Å². The topological polar surface area (TPSA) is 67.2 Å². The average Bonchev–Trinajstić information content (AvgIpc) is 2.94. The predicted molar refractivity (Wildman–Crippen MR) is 86.5 cm³/mol. The van der Waals surface area contributed by atoms with Crippen LogP contribution in [0, 0.1) is 11.7 Å². The summed E-state index contributed by atoms with van der Waals surface area (Å²) in [6.07, 6.45) is 3.99. The van der Waals surface area contributed by atoms with Gasteiger partial charge in [0.05, 0.1) is 23.8 Å². The number of rotatable bonds is 3. The molecule has 0 radical (unpaired) electrons. The molecular weight excluding hydrogens is 311 g/mol. The number of aryl methyl sites for hydroxylation is 1. The van der Waals surface area contributed by atoms with Gasteiger partial charge in [-0.1, -0.05) is 12.1 Å². The van der Waals surface area contributed by atoms with Crippen molar-refractivity contribution in [2.45, 2.75) is 18.9 Å². The second kappa shape index (κ2) is 6.43. The molecule has 2 amide bonds. The molecule has 0 unspecified atom stereocenters. The Kier molecular flexibility index (Phi) is 4.33. The van der Waals surface area contributed by atoms with Gasteiger partial charge in [-0.15, -0.1) is 0 Å². The zero-order chi connectivity index (χ0) is 17.3. The lowest BCUT2D eigenvalue weighted by Gasteiger charge is -2.38. The van der Waals surface area contributed by atoms with Crippen molar-refractivity contribution in [3.63, 3.8) is 0 Å². The molecule has 1 saturated heterocycles. The third kappa shape index (κ3) is 3.15. The first-order valence-corrected chi connectivity index (χ1v) is 7.76. The smallest absolute Gasteiger partial charge is 0.230 e. The fraction of sp³-hybridized carbons (Fsp3) is 0.353. The number of anilines is 1. The van der Waals surface area contributed by atoms with Crippen molar-refractivity contribution in [1.82, 2.24) is 14.7 Å². The number of hydrogen-bond donors (Lipinski definition) is 1. The molecule has 0 aliphatic carbocycles. The number of piperidine rings is 1. The Labute approximate surface area is 139 Å². The largest absolute Gasteiger partial charge is 0.338 e. The molecule has 2 aromatic rings. The number of halogens is 1. The van der Waals surface area contributed by atoms with E-state index in [0.717, 1.165) is 0 Å². The van der Waals surface area contributed by atoms with E-state index in [1.807, 2.05) is 0 Å². The van der Waals surface area contributed by atoms with Gasteiger partial charge in [0.1, 0.15) is 5.82 Å². The minimum absolute atomic E-state index is 0.0466. The molecule has 1 fully saturated rings. The molecule has 2 heterocycles. The Morgan fingerprint density at radius 2 is 2.17 bits per heavy atom. The minimum Gasteiger partial charge on any atom is -0.338 e. The quantitative estimate of drug-likeness (QED) is 0.937. The molecule has 2 atom stereocenters. The first-order valence-electron chi connectivity index (χ1n) is 7.76. The summed E-state index contributed by atoms with van der Waals surface area (Å²) in [4.78, 5) is 26.3. The Morgan fingerprint density at radius 1 is 1.38 bits per heavy atom. The van der Waals surface area contributed by atoms with Gasteiger partial charge in [-0.25, -0.2) is 4.39 Å². The van der Waals surface area contributed by atoms with Gasteiger partial charge in [-0.3, -0.25) is 14.3 Å². The van der Waals surface area contributed by atoms with Gasteiger partial charge < -0.3 is 10.2 Å². The molecule has 1 aromatic carbocycles. The predicted octanol–water partition coefficient (Wildman–Crippen LogP) is 2.11. The van der Waals surface area contributed by atoms with E-state index in [2.05, 4.69) is 10.4 Å². The first-order chi connectivity index (χ1) is 11.5. The molecule has 0 spiro atoms. The number of benzene rings is 1. The fourth-order valence-corrected chi connectivity index (χ4v) is 3.18. The van der Waals surface area contributed by atoms with Crippen molar-refractivity contribution in [3.8, 4) is 0 Å². The van der Waals surface area contributed by atoms with E-state index in [-0.39, 0.29) is 17.6 Å². The van der Waals surface area contributed by atoms with Crippen molar-refractivity contribution in [1.29, 1.82) is 0 Å². The lowest BCUT2D eigenvalue weighted by Crippen LogP contribution is -2.44. The molecule has 126 valence electrons. The Balaban J connectivity index is 1.88. The minimum atomic E-state index is -0.487. The number of nitrogens with one attached hydrogen (secondary N) is 1. The second-order valence-electron chi connectivity index (χ2n) is 6.04. The molecule has 6 nitrogen and oxygen atoms in total. The molecule has 24 heavy (non-hydrogen) atoms. The van der Waals surface area contributed by atoms with Gasteiger partial charge in [0.25, 0.3) is 0 Å². The maximum atomic E-state index is 13.6. The summed E-state index contributed by atoms with van der Waals surface area (Å²) in [7, 11) is 3.42. The van der Waals surface area contributed by atoms with Crippen molar-refractivity contribution >= 4 is 17.5 Å². The maximum Gasteiger partial charge on any atom is 0.230 e. The maximum absolute atomic E-state index is 13.6. The van der Waals surface area contributed by atoms with Gasteiger partial charge in [0.2, 0.25) is 11.8 Å². The summed E-state index contributed by atoms with van der Waals surface area (Å²) in [6, 6.07) is 5.57. The highest BCUT2D eigenvalue weighted by Gasteiger charge is 2.39. The van der Waals surface area contributed by atoms with Crippen LogP contribution in [0.25, 0.3) is 0 Å². The monoisotopic (exact) mass is 330 g/mol. The molecule has 1 aromatic heterocycles. The molecule has 0 saturated carbocycles. The zero-order valence-electron chi connectivity index (χ0n) is 13.6. The number of nitrogens with zero attached hydrogens (tertiary/aromatic N) is 3. The zero-order valence-corrected chi connectivity index (χ0v) is 13.6. The van der Waals surface area contributed by atoms with E-state index in [1.165, 1.54) is 17.0 Å². The Hall–Kier alpha value is -2.70. The van der Waals surface area contributed by atoms with Crippen LogP contribution in [-0.4, -0.2) is 33.5 Å². The van der Waals surface area contributed by atoms with Gasteiger partial charge in [-0.2, -0.15) is 5.10 Å². The van der Waals surface area contributed by atoms with Crippen molar-refractivity contribution in [3.05, 3.63) is 48.0 Å². The van der Waals surface area contributed by atoms with Crippen LogP contribution >= 0.6 is 0 Å². The molecular formula is C17H19FN4O2. The van der Waals surface area contributed by atoms with Crippen LogP contribution in [-0.2, 0) is 16.6 Å². The normalized spacial score (nSPS) is 21.0. The summed E-state index contributed by atoms with van der Waals surface area (Å²) < 4.78 is 15.2. The number of hydrogen-bond acceptors (Lipinski definition) is 3. The summed E-state index contributed by atoms with van der Waals surface area (Å²) in [5.74, 6) is -1.08. The Morgan fingerprint density at radius 3 is 2.83 bits per heavy atom. The van der Waals surface area contributed by atoms with E-state index in [9.17, 15) is 14.0 Å². The second-order valence-corrected chi connectivity index (χ2v) is 6.04. The van der Waals surface area contributed by atoms with Gasteiger partial charge in [0, 0.05) is 26.7 Å². The van der Waals surface area contributed by atoms with E-state index >= 15 is 0 Å². The SMILES string of the molecule is CN1C(=O)CC[C@@H](C(=O)Nc2cnn(C)c2)[C@@H]1c1cccc(F)c1. The third-order valence-electron chi connectivity index (χ3n) is 4.36. The van der Waals surface area contributed by atoms with Crippen LogP contribution in [0.4, 0.5) is 10.1 Å². The summed E-state index contributed by atoms with van der Waals surface area (Å²) in [6.45, 7) is 0. The summed E-state index contributed by atoms with van der Waals surface area (Å²) in [5, 5.41) is 6.85.